The van der Waals surface area contributed by atoms with Gasteiger partial charge in [0, 0.05) is 4.47 Å². The Morgan fingerprint density at radius 2 is 2.05 bits per heavy atom. The summed E-state index contributed by atoms with van der Waals surface area (Å²) in [4.78, 5) is 4.38. The summed E-state index contributed by atoms with van der Waals surface area (Å²) in [5.74, 6) is 0.438. The van der Waals surface area contributed by atoms with E-state index < -0.39 is 0 Å². The zero-order chi connectivity index (χ0) is 13.6. The fourth-order valence-corrected chi connectivity index (χ4v) is 2.98. The van der Waals surface area contributed by atoms with Gasteiger partial charge in [-0.15, -0.1) is 0 Å². The quantitative estimate of drug-likeness (QED) is 0.718. The monoisotopic (exact) mass is 335 g/mol. The van der Waals surface area contributed by atoms with Gasteiger partial charge in [0.2, 0.25) is 5.95 Å². The number of aryl methyl sites for hydroxylation is 1. The maximum absolute atomic E-state index is 6.31. The standard InChI is InChI=1S/C14H11BrClN3/c1-8-3-2-4-11-13(8)19(14(17)18-11)12-6-5-9(15)7-10(12)16/h2-7H,1H3,(H2,17,18). The number of imidazole rings is 1. The van der Waals surface area contributed by atoms with Crippen molar-refractivity contribution in [1.29, 1.82) is 0 Å². The number of nitrogen functional groups attached to an aromatic ring is 1. The van der Waals surface area contributed by atoms with Crippen LogP contribution in [-0.4, -0.2) is 9.55 Å². The molecule has 0 amide bonds. The molecular weight excluding hydrogens is 326 g/mol. The van der Waals surface area contributed by atoms with Gasteiger partial charge in [0.05, 0.1) is 21.7 Å². The zero-order valence-electron chi connectivity index (χ0n) is 10.2. The molecule has 0 aliphatic rings. The molecule has 0 radical (unpaired) electrons. The summed E-state index contributed by atoms with van der Waals surface area (Å²) in [5.41, 5.74) is 9.85. The number of fused-ring (bicyclic) bond motifs is 1. The SMILES string of the molecule is Cc1cccc2nc(N)n(-c3ccc(Br)cc3Cl)c12. The number of aromatic nitrogens is 2. The Hall–Kier alpha value is -1.52. The number of halogens is 2. The van der Waals surface area contributed by atoms with Crippen molar-refractivity contribution in [1.82, 2.24) is 9.55 Å². The van der Waals surface area contributed by atoms with Crippen LogP contribution in [0.25, 0.3) is 16.7 Å². The van der Waals surface area contributed by atoms with Gasteiger partial charge in [-0.25, -0.2) is 4.98 Å². The number of nitrogens with two attached hydrogens (primary N) is 1. The first kappa shape index (κ1) is 12.5. The lowest BCUT2D eigenvalue weighted by atomic mass is 10.2. The minimum Gasteiger partial charge on any atom is -0.369 e. The van der Waals surface area contributed by atoms with E-state index in [4.69, 9.17) is 17.3 Å². The van der Waals surface area contributed by atoms with Gasteiger partial charge in [-0.05, 0) is 36.8 Å². The average Bonchev–Trinajstić information content (AvgIpc) is 2.67. The normalized spacial score (nSPS) is 11.1. The lowest BCUT2D eigenvalue weighted by molar-refractivity contribution is 1.10. The van der Waals surface area contributed by atoms with Crippen molar-refractivity contribution in [2.75, 3.05) is 5.73 Å². The average molecular weight is 337 g/mol. The molecule has 0 unspecified atom stereocenters. The fourth-order valence-electron chi connectivity index (χ4n) is 2.22. The van der Waals surface area contributed by atoms with Crippen molar-refractivity contribution in [3.05, 3.63) is 51.5 Å². The van der Waals surface area contributed by atoms with E-state index in [-0.39, 0.29) is 0 Å². The molecule has 0 aliphatic heterocycles. The summed E-state index contributed by atoms with van der Waals surface area (Å²) < 4.78 is 2.82. The number of hydrogen-bond acceptors (Lipinski definition) is 2. The van der Waals surface area contributed by atoms with E-state index in [1.165, 1.54) is 0 Å². The first-order chi connectivity index (χ1) is 9.08. The van der Waals surface area contributed by atoms with Gasteiger partial charge < -0.3 is 5.73 Å². The van der Waals surface area contributed by atoms with E-state index in [2.05, 4.69) is 20.9 Å². The summed E-state index contributed by atoms with van der Waals surface area (Å²) in [5, 5.41) is 0.628. The molecule has 5 heteroatoms. The van der Waals surface area contributed by atoms with Gasteiger partial charge in [0.1, 0.15) is 0 Å². The van der Waals surface area contributed by atoms with Crippen LogP contribution < -0.4 is 5.73 Å². The Bertz CT molecular complexity index is 780. The smallest absolute Gasteiger partial charge is 0.205 e. The van der Waals surface area contributed by atoms with Crippen LogP contribution in [0.3, 0.4) is 0 Å². The van der Waals surface area contributed by atoms with Gasteiger partial charge in [0.15, 0.2) is 0 Å². The molecule has 1 heterocycles. The molecule has 19 heavy (non-hydrogen) atoms. The van der Waals surface area contributed by atoms with E-state index in [0.29, 0.717) is 11.0 Å². The fraction of sp³-hybridized carbons (Fsp3) is 0.0714. The topological polar surface area (TPSA) is 43.8 Å². The molecule has 0 saturated heterocycles. The second kappa shape index (κ2) is 4.54. The molecule has 0 aliphatic carbocycles. The Morgan fingerprint density at radius 1 is 1.26 bits per heavy atom. The predicted molar refractivity (Wildman–Crippen MR) is 82.9 cm³/mol. The van der Waals surface area contributed by atoms with Crippen LogP contribution in [0.4, 0.5) is 5.95 Å². The largest absolute Gasteiger partial charge is 0.369 e. The van der Waals surface area contributed by atoms with Gasteiger partial charge in [0.25, 0.3) is 0 Å². The predicted octanol–water partition coefficient (Wildman–Crippen LogP) is 4.33. The molecule has 0 fully saturated rings. The second-order valence-electron chi connectivity index (χ2n) is 4.34. The van der Waals surface area contributed by atoms with Gasteiger partial charge >= 0.3 is 0 Å². The molecule has 0 bridgehead atoms. The molecule has 1 aromatic heterocycles. The summed E-state index contributed by atoms with van der Waals surface area (Å²) in [6.45, 7) is 2.03. The highest BCUT2D eigenvalue weighted by atomic mass is 79.9. The van der Waals surface area contributed by atoms with Crippen molar-refractivity contribution < 1.29 is 0 Å². The number of nitrogens with zero attached hydrogens (tertiary/aromatic N) is 2. The molecule has 3 rings (SSSR count). The number of anilines is 1. The first-order valence-corrected chi connectivity index (χ1v) is 6.94. The van der Waals surface area contributed by atoms with Crippen LogP contribution >= 0.6 is 27.5 Å². The van der Waals surface area contributed by atoms with Crippen LogP contribution in [0.5, 0.6) is 0 Å². The molecule has 3 nitrogen and oxygen atoms in total. The number of benzene rings is 2. The van der Waals surface area contributed by atoms with Crippen molar-refractivity contribution in [3.63, 3.8) is 0 Å². The Labute approximate surface area is 124 Å². The molecule has 3 aromatic rings. The molecular formula is C14H11BrClN3. The molecule has 2 N–H and O–H groups in total. The number of rotatable bonds is 1. The molecule has 0 spiro atoms. The first-order valence-electron chi connectivity index (χ1n) is 5.77. The number of para-hydroxylation sites is 1. The lowest BCUT2D eigenvalue weighted by Gasteiger charge is -2.10. The van der Waals surface area contributed by atoms with E-state index in [1.54, 1.807) is 0 Å². The van der Waals surface area contributed by atoms with Crippen LogP contribution in [0.2, 0.25) is 5.02 Å². The van der Waals surface area contributed by atoms with Crippen LogP contribution in [-0.2, 0) is 0 Å². The molecule has 96 valence electrons. The summed E-state index contributed by atoms with van der Waals surface area (Å²) in [7, 11) is 0. The van der Waals surface area contributed by atoms with Gasteiger partial charge in [-0.3, -0.25) is 4.57 Å². The second-order valence-corrected chi connectivity index (χ2v) is 5.67. The molecule has 0 saturated carbocycles. The third-order valence-electron chi connectivity index (χ3n) is 3.05. The number of hydrogen-bond donors (Lipinski definition) is 1. The summed E-state index contributed by atoms with van der Waals surface area (Å²) >= 11 is 9.71. The third-order valence-corrected chi connectivity index (χ3v) is 3.85. The minimum atomic E-state index is 0.438. The maximum Gasteiger partial charge on any atom is 0.205 e. The van der Waals surface area contributed by atoms with E-state index >= 15 is 0 Å². The van der Waals surface area contributed by atoms with Crippen LogP contribution in [0, 0.1) is 6.92 Å². The summed E-state index contributed by atoms with van der Waals surface area (Å²) in [6.07, 6.45) is 0. The van der Waals surface area contributed by atoms with E-state index in [0.717, 1.165) is 26.8 Å². The van der Waals surface area contributed by atoms with E-state index in [1.807, 2.05) is 47.9 Å². The summed E-state index contributed by atoms with van der Waals surface area (Å²) in [6, 6.07) is 11.7. The Kier molecular flexibility index (Phi) is 2.99. The van der Waals surface area contributed by atoms with Crippen molar-refractivity contribution >= 4 is 44.5 Å². The van der Waals surface area contributed by atoms with Crippen molar-refractivity contribution in [2.24, 2.45) is 0 Å². The minimum absolute atomic E-state index is 0.438. The van der Waals surface area contributed by atoms with Crippen molar-refractivity contribution in [3.8, 4) is 5.69 Å². The zero-order valence-corrected chi connectivity index (χ0v) is 12.5. The lowest BCUT2D eigenvalue weighted by Crippen LogP contribution is -2.02. The highest BCUT2D eigenvalue weighted by molar-refractivity contribution is 9.10. The maximum atomic E-state index is 6.31. The Morgan fingerprint density at radius 3 is 2.79 bits per heavy atom. The highest BCUT2D eigenvalue weighted by Crippen LogP contribution is 2.31. The van der Waals surface area contributed by atoms with Crippen molar-refractivity contribution in [2.45, 2.75) is 6.92 Å². The van der Waals surface area contributed by atoms with E-state index in [9.17, 15) is 0 Å². The van der Waals surface area contributed by atoms with Gasteiger partial charge in [-0.2, -0.15) is 0 Å². The third kappa shape index (κ3) is 2.01. The van der Waals surface area contributed by atoms with Crippen LogP contribution in [0.15, 0.2) is 40.9 Å². The molecule has 2 aromatic carbocycles. The highest BCUT2D eigenvalue weighted by Gasteiger charge is 2.14. The Balaban J connectivity index is 2.39. The molecule has 0 atom stereocenters. The van der Waals surface area contributed by atoms with Crippen LogP contribution in [0.1, 0.15) is 5.56 Å². The van der Waals surface area contributed by atoms with Gasteiger partial charge in [-0.1, -0.05) is 39.7 Å².